The summed E-state index contributed by atoms with van der Waals surface area (Å²) in [5, 5.41) is 14.7. The van der Waals surface area contributed by atoms with Crippen molar-refractivity contribution in [2.24, 2.45) is 17.8 Å². The maximum atomic E-state index is 14.4. The summed E-state index contributed by atoms with van der Waals surface area (Å²) in [6, 6.07) is 7.17. The van der Waals surface area contributed by atoms with Gasteiger partial charge in [0.2, 0.25) is 5.89 Å². The fourth-order valence-electron chi connectivity index (χ4n) is 4.97. The number of ether oxygens (including phenoxy) is 1. The molecule has 42 heavy (non-hydrogen) atoms. The summed E-state index contributed by atoms with van der Waals surface area (Å²) < 4.78 is 95.4. The van der Waals surface area contributed by atoms with Crippen LogP contribution in [0.5, 0.6) is 5.75 Å². The Kier molecular flexibility index (Phi) is 9.26. The molecule has 2 fully saturated rings. The van der Waals surface area contributed by atoms with Crippen molar-refractivity contribution < 1.29 is 49.8 Å². The second-order valence-electron chi connectivity index (χ2n) is 10.1. The van der Waals surface area contributed by atoms with E-state index in [1.807, 2.05) is 0 Å². The second kappa shape index (κ2) is 12.5. The van der Waals surface area contributed by atoms with E-state index in [-0.39, 0.29) is 11.5 Å². The number of rotatable bonds is 7. The highest BCUT2D eigenvalue weighted by Gasteiger charge is 2.43. The number of alkyl halides is 6. The Morgan fingerprint density at radius 1 is 1.10 bits per heavy atom. The summed E-state index contributed by atoms with van der Waals surface area (Å²) in [5.74, 6) is 0.231. The average Bonchev–Trinajstić information content (AvgIpc) is 3.57. The van der Waals surface area contributed by atoms with E-state index in [1.54, 1.807) is 19.1 Å². The fraction of sp³-hybridized carbons (Fsp3) is 0.481. The molecule has 1 N–H and O–H groups in total. The number of hydrogen-bond donors (Lipinski definition) is 1. The minimum absolute atomic E-state index is 0.146. The number of carbonyl (C=O) groups is 1. The Balaban J connectivity index is 0.000000517. The molecule has 0 spiro atoms. The van der Waals surface area contributed by atoms with Crippen LogP contribution in [0.2, 0.25) is 0 Å². The van der Waals surface area contributed by atoms with Gasteiger partial charge in [-0.05, 0) is 67.7 Å². The molecule has 3 aromatic rings. The average molecular weight is 605 g/mol. The highest BCUT2D eigenvalue weighted by Crippen LogP contribution is 2.50. The molecule has 1 saturated carbocycles. The molecular weight excluding hydrogens is 577 g/mol. The lowest BCUT2D eigenvalue weighted by molar-refractivity contribution is -0.192. The molecule has 1 saturated heterocycles. The summed E-state index contributed by atoms with van der Waals surface area (Å²) in [4.78, 5) is 15.0. The van der Waals surface area contributed by atoms with Crippen LogP contribution in [0.15, 0.2) is 40.9 Å². The number of aliphatic carboxylic acids is 1. The molecule has 0 unspecified atom stereocenters. The molecule has 0 amide bonds. The van der Waals surface area contributed by atoms with Crippen molar-refractivity contribution in [2.45, 2.75) is 45.0 Å². The van der Waals surface area contributed by atoms with Gasteiger partial charge in [-0.1, -0.05) is 0 Å². The number of hydrogen-bond acceptors (Lipinski definition) is 7. The van der Waals surface area contributed by atoms with Gasteiger partial charge in [-0.3, -0.25) is 0 Å². The molecule has 5 rings (SSSR count). The topological polar surface area (TPSA) is 102 Å². The molecule has 1 aliphatic carbocycles. The highest BCUT2D eigenvalue weighted by molar-refractivity contribution is 5.73. The van der Waals surface area contributed by atoms with Gasteiger partial charge in [-0.25, -0.2) is 14.2 Å². The highest BCUT2D eigenvalue weighted by atomic mass is 19.4. The van der Waals surface area contributed by atoms with E-state index in [1.165, 1.54) is 12.1 Å². The van der Waals surface area contributed by atoms with E-state index < -0.39 is 29.7 Å². The third-order valence-electron chi connectivity index (χ3n) is 7.22. The van der Waals surface area contributed by atoms with Crippen molar-refractivity contribution in [3.05, 3.63) is 53.8 Å². The summed E-state index contributed by atoms with van der Waals surface area (Å²) in [5.41, 5.74) is -0.474. The van der Waals surface area contributed by atoms with Crippen molar-refractivity contribution in [3.8, 4) is 17.2 Å². The lowest BCUT2D eigenvalue weighted by Crippen LogP contribution is -2.35. The van der Waals surface area contributed by atoms with Crippen LogP contribution >= 0.6 is 0 Å². The van der Waals surface area contributed by atoms with E-state index in [2.05, 4.69) is 20.1 Å². The SMILES string of the molecule is Cc1nnc(-c2ccc(OCC[C@H]3C[C@H]3C3CCN(c4ccc(C(F)(F)F)cn4)CC3)cc2F)o1.O=C(O)C(F)(F)F. The molecule has 1 aromatic carbocycles. The molecule has 0 bridgehead atoms. The van der Waals surface area contributed by atoms with Gasteiger partial charge in [0.05, 0.1) is 17.7 Å². The fourth-order valence-corrected chi connectivity index (χ4v) is 4.97. The predicted octanol–water partition coefficient (Wildman–Crippen LogP) is 6.55. The van der Waals surface area contributed by atoms with Crippen molar-refractivity contribution in [3.63, 3.8) is 0 Å². The Labute approximate surface area is 235 Å². The molecule has 3 heterocycles. The number of piperidine rings is 1. The molecule has 15 heteroatoms. The summed E-state index contributed by atoms with van der Waals surface area (Å²) in [7, 11) is 0. The van der Waals surface area contributed by atoms with Gasteiger partial charge >= 0.3 is 18.3 Å². The Morgan fingerprint density at radius 3 is 2.31 bits per heavy atom. The molecule has 2 aliphatic rings. The van der Waals surface area contributed by atoms with E-state index >= 15 is 0 Å². The van der Waals surface area contributed by atoms with E-state index in [9.17, 15) is 30.7 Å². The van der Waals surface area contributed by atoms with E-state index in [4.69, 9.17) is 19.1 Å². The van der Waals surface area contributed by atoms with Crippen molar-refractivity contribution in [1.82, 2.24) is 15.2 Å². The summed E-state index contributed by atoms with van der Waals surface area (Å²) in [6.07, 6.45) is -4.45. The van der Waals surface area contributed by atoms with Crippen LogP contribution < -0.4 is 9.64 Å². The van der Waals surface area contributed by atoms with Gasteiger partial charge < -0.3 is 19.2 Å². The molecular formula is C27H27F7N4O4. The lowest BCUT2D eigenvalue weighted by Gasteiger charge is -2.33. The normalized spacial score (nSPS) is 19.2. The third kappa shape index (κ3) is 8.10. The van der Waals surface area contributed by atoms with Crippen LogP contribution in [0, 0.1) is 30.5 Å². The van der Waals surface area contributed by atoms with Crippen LogP contribution in [-0.2, 0) is 11.0 Å². The van der Waals surface area contributed by atoms with Crippen molar-refractivity contribution >= 4 is 11.8 Å². The molecule has 228 valence electrons. The zero-order chi connectivity index (χ0) is 30.7. The molecule has 2 atom stereocenters. The van der Waals surface area contributed by atoms with Crippen LogP contribution in [-0.4, -0.2) is 52.1 Å². The predicted molar refractivity (Wildman–Crippen MR) is 134 cm³/mol. The largest absolute Gasteiger partial charge is 0.493 e. The van der Waals surface area contributed by atoms with Gasteiger partial charge in [0, 0.05) is 32.3 Å². The molecule has 2 aromatic heterocycles. The molecule has 1 aliphatic heterocycles. The van der Waals surface area contributed by atoms with Gasteiger partial charge in [0.25, 0.3) is 5.89 Å². The molecule has 8 nitrogen and oxygen atoms in total. The summed E-state index contributed by atoms with van der Waals surface area (Å²) in [6.45, 7) is 3.77. The molecule has 0 radical (unpaired) electrons. The second-order valence-corrected chi connectivity index (χ2v) is 10.1. The number of carboxylic acids is 1. The standard InChI is InChI=1S/C25H26F4N4O2.C2HF3O2/c1-15-31-32-24(35-15)20-4-3-19(13-22(20)26)34-11-8-17-12-21(17)16-6-9-33(10-7-16)23-5-2-18(14-30-23)25(27,28)29;3-2(4,5)1(6)7/h2-5,13-14,16-17,21H,6-12H2,1H3;(H,6,7)/t17-,21-;/m0./s1. The number of aryl methyl sites for hydroxylation is 1. The Morgan fingerprint density at radius 2 is 1.79 bits per heavy atom. The number of pyridine rings is 1. The third-order valence-corrected chi connectivity index (χ3v) is 7.22. The zero-order valence-corrected chi connectivity index (χ0v) is 22.3. The quantitative estimate of drug-likeness (QED) is 0.303. The van der Waals surface area contributed by atoms with Crippen LogP contribution in [0.3, 0.4) is 0 Å². The zero-order valence-electron chi connectivity index (χ0n) is 22.3. The van der Waals surface area contributed by atoms with Crippen molar-refractivity contribution in [1.29, 1.82) is 0 Å². The number of benzene rings is 1. The Bertz CT molecular complexity index is 1350. The van der Waals surface area contributed by atoms with Gasteiger partial charge in [-0.2, -0.15) is 26.3 Å². The maximum absolute atomic E-state index is 14.4. The maximum Gasteiger partial charge on any atom is 0.490 e. The summed E-state index contributed by atoms with van der Waals surface area (Å²) >= 11 is 0. The van der Waals surface area contributed by atoms with Gasteiger partial charge in [-0.15, -0.1) is 10.2 Å². The first-order chi connectivity index (χ1) is 19.7. The van der Waals surface area contributed by atoms with E-state index in [0.717, 1.165) is 51.0 Å². The number of carboxylic acid groups (broad SMARTS) is 1. The Hall–Kier alpha value is -3.91. The van der Waals surface area contributed by atoms with Crippen LogP contribution in [0.1, 0.15) is 37.1 Å². The first-order valence-corrected chi connectivity index (χ1v) is 13.0. The first kappa shape index (κ1) is 31.0. The first-order valence-electron chi connectivity index (χ1n) is 13.0. The smallest absolute Gasteiger partial charge is 0.490 e. The van der Waals surface area contributed by atoms with E-state index in [0.29, 0.717) is 41.8 Å². The van der Waals surface area contributed by atoms with Crippen LogP contribution in [0.4, 0.5) is 36.6 Å². The van der Waals surface area contributed by atoms with Gasteiger partial charge in [0.15, 0.2) is 0 Å². The van der Waals surface area contributed by atoms with Gasteiger partial charge in [0.1, 0.15) is 17.4 Å². The minimum Gasteiger partial charge on any atom is -0.493 e. The monoisotopic (exact) mass is 604 g/mol. The minimum atomic E-state index is -5.08. The number of nitrogens with zero attached hydrogens (tertiary/aromatic N) is 4. The lowest BCUT2D eigenvalue weighted by atomic mass is 9.90. The number of halogens is 7. The number of aromatic nitrogens is 3. The van der Waals surface area contributed by atoms with Crippen molar-refractivity contribution in [2.75, 3.05) is 24.6 Å². The number of anilines is 1. The van der Waals surface area contributed by atoms with Crippen LogP contribution in [0.25, 0.3) is 11.5 Å².